The Kier molecular flexibility index (Phi) is 4.72. The molecule has 0 aliphatic rings. The van der Waals surface area contributed by atoms with Crippen molar-refractivity contribution < 1.29 is 18.5 Å². The first kappa shape index (κ1) is 19.2. The van der Waals surface area contributed by atoms with Crippen LogP contribution in [0.3, 0.4) is 0 Å². The zero-order valence-electron chi connectivity index (χ0n) is 16.7. The van der Waals surface area contributed by atoms with Crippen LogP contribution >= 0.6 is 0 Å². The highest BCUT2D eigenvalue weighted by Gasteiger charge is 2.28. The number of hydrogen-bond acceptors (Lipinski definition) is 5. The molecule has 8 heteroatoms. The van der Waals surface area contributed by atoms with Crippen LogP contribution in [0, 0.1) is 24.1 Å². The van der Waals surface area contributed by atoms with Crippen molar-refractivity contribution in [2.45, 2.75) is 6.92 Å². The second kappa shape index (κ2) is 7.37. The lowest BCUT2D eigenvalue weighted by Gasteiger charge is -2.11. The number of nitrogen functional groups attached to an aromatic ring is 1. The smallest absolute Gasteiger partial charge is 0.359 e. The number of nitrogens with one attached hydrogen (secondary N) is 1. The Labute approximate surface area is 172 Å². The quantitative estimate of drug-likeness (QED) is 0.508. The maximum Gasteiger partial charge on any atom is 0.359 e. The Balaban J connectivity index is 2.07. The highest BCUT2D eigenvalue weighted by Crippen LogP contribution is 2.38. The minimum absolute atomic E-state index is 0.102. The maximum absolute atomic E-state index is 13.4. The van der Waals surface area contributed by atoms with Crippen LogP contribution in [0.1, 0.15) is 11.3 Å². The molecule has 4 rings (SSSR count). The topological polar surface area (TPSA) is 101 Å². The number of aryl methyl sites for hydroxylation is 1. The van der Waals surface area contributed by atoms with Crippen LogP contribution in [-0.2, 0) is 0 Å². The lowest BCUT2D eigenvalue weighted by Crippen LogP contribution is -2.33. The number of hydrogen-bond donors (Lipinski definition) is 2. The lowest BCUT2D eigenvalue weighted by atomic mass is 9.96. The number of fused-ring (bicyclic) bond motifs is 1. The molecule has 0 aliphatic heterocycles. The van der Waals surface area contributed by atoms with E-state index in [9.17, 15) is 9.65 Å². The molecule has 4 aromatic rings. The van der Waals surface area contributed by atoms with Crippen molar-refractivity contribution in [3.63, 3.8) is 0 Å². The normalized spacial score (nSPS) is 10.8. The number of ether oxygens (including phenoxy) is 2. The van der Waals surface area contributed by atoms with E-state index in [1.165, 1.54) is 12.1 Å². The van der Waals surface area contributed by atoms with E-state index in [0.29, 0.717) is 28.4 Å². The van der Waals surface area contributed by atoms with Gasteiger partial charge in [0.25, 0.3) is 5.82 Å². The Morgan fingerprint density at radius 2 is 1.80 bits per heavy atom. The summed E-state index contributed by atoms with van der Waals surface area (Å²) in [5, 5.41) is 13.8. The molecule has 0 fully saturated rings. The van der Waals surface area contributed by atoms with Crippen molar-refractivity contribution in [3.8, 4) is 34.4 Å². The van der Waals surface area contributed by atoms with Crippen molar-refractivity contribution in [1.82, 2.24) is 10.1 Å². The van der Waals surface area contributed by atoms with E-state index in [-0.39, 0.29) is 17.2 Å². The summed E-state index contributed by atoms with van der Waals surface area (Å²) in [5.41, 5.74) is 9.79. The molecule has 30 heavy (non-hydrogen) atoms. The maximum atomic E-state index is 13.4. The fraction of sp³-hybridized carbons (Fsp3) is 0.136. The molecule has 3 N–H and O–H groups in total. The number of aromatic amines is 1. The largest absolute Gasteiger partial charge is 0.493 e. The van der Waals surface area contributed by atoms with Crippen molar-refractivity contribution in [3.05, 3.63) is 59.5 Å². The second-order valence-electron chi connectivity index (χ2n) is 6.68. The Hall–Kier alpha value is -4.12. The van der Waals surface area contributed by atoms with Gasteiger partial charge in [-0.3, -0.25) is 0 Å². The average Bonchev–Trinajstić information content (AvgIpc) is 3.08. The molecular weight excluding hydrogens is 385 g/mol. The van der Waals surface area contributed by atoms with Gasteiger partial charge in [-0.25, -0.2) is 9.49 Å². The van der Waals surface area contributed by atoms with Crippen molar-refractivity contribution >= 4 is 16.9 Å². The molecular formula is C22H19FN5O2+. The molecule has 2 aromatic carbocycles. The van der Waals surface area contributed by atoms with E-state index in [1.807, 2.05) is 13.0 Å². The molecule has 0 aliphatic carbocycles. The Morgan fingerprint density at radius 1 is 1.10 bits per heavy atom. The van der Waals surface area contributed by atoms with Gasteiger partial charge in [0.2, 0.25) is 0 Å². The molecule has 0 saturated heterocycles. The summed E-state index contributed by atoms with van der Waals surface area (Å²) in [6.45, 7) is 1.88. The number of nitrogens with zero attached hydrogens (tertiary/aromatic N) is 3. The molecule has 0 spiro atoms. The molecule has 2 aromatic heterocycles. The highest BCUT2D eigenvalue weighted by atomic mass is 19.1. The molecule has 0 unspecified atom stereocenters. The van der Waals surface area contributed by atoms with Crippen LogP contribution in [0.15, 0.2) is 42.5 Å². The summed E-state index contributed by atoms with van der Waals surface area (Å²) >= 11 is 0. The zero-order chi connectivity index (χ0) is 21.4. The molecule has 7 nitrogen and oxygen atoms in total. The minimum Gasteiger partial charge on any atom is -0.493 e. The minimum atomic E-state index is -0.336. The van der Waals surface area contributed by atoms with E-state index < -0.39 is 0 Å². The molecule has 0 radical (unpaired) electrons. The lowest BCUT2D eigenvalue weighted by molar-refractivity contribution is -0.632. The Morgan fingerprint density at radius 3 is 2.43 bits per heavy atom. The van der Waals surface area contributed by atoms with Crippen molar-refractivity contribution in [1.29, 1.82) is 5.26 Å². The third-order valence-electron chi connectivity index (χ3n) is 4.94. The summed E-state index contributed by atoms with van der Waals surface area (Å²) in [4.78, 5) is 4.47. The summed E-state index contributed by atoms with van der Waals surface area (Å²) < 4.78 is 25.9. The molecule has 2 heterocycles. The fourth-order valence-corrected chi connectivity index (χ4v) is 3.55. The van der Waals surface area contributed by atoms with Gasteiger partial charge in [0.1, 0.15) is 22.8 Å². The van der Waals surface area contributed by atoms with Crippen LogP contribution < -0.4 is 19.9 Å². The first-order chi connectivity index (χ1) is 14.5. The van der Waals surface area contributed by atoms with Gasteiger partial charge in [-0.05, 0) is 53.9 Å². The second-order valence-corrected chi connectivity index (χ2v) is 6.68. The summed E-state index contributed by atoms with van der Waals surface area (Å²) in [7, 11) is 3.11. The standard InChI is InChI=1S/C22H18FN5O2/c1-12-19-20(13-4-9-17(29-2)18(10-13)30-3)16(11-24)21(25)26-22(19)28(27-12)15-7-5-14(23)6-8-15/h4-10H,1-3H3,(H2,25,26,27)/p+1. The first-order valence-corrected chi connectivity index (χ1v) is 9.10. The molecule has 0 bridgehead atoms. The zero-order valence-corrected chi connectivity index (χ0v) is 16.7. The molecule has 0 atom stereocenters. The fourth-order valence-electron chi connectivity index (χ4n) is 3.55. The molecule has 0 saturated carbocycles. The number of anilines is 1. The third-order valence-corrected chi connectivity index (χ3v) is 4.94. The number of nitrogens with two attached hydrogens (primary N) is 1. The predicted octanol–water partition coefficient (Wildman–Crippen LogP) is 3.43. The number of pyridine rings is 1. The number of halogens is 1. The van der Waals surface area contributed by atoms with Gasteiger partial charge >= 0.3 is 5.65 Å². The van der Waals surface area contributed by atoms with E-state index >= 15 is 0 Å². The van der Waals surface area contributed by atoms with Gasteiger partial charge < -0.3 is 15.2 Å². The number of benzene rings is 2. The van der Waals surface area contributed by atoms with Crippen LogP contribution in [-0.4, -0.2) is 24.3 Å². The monoisotopic (exact) mass is 404 g/mol. The summed E-state index contributed by atoms with van der Waals surface area (Å²) in [5.74, 6) is 0.869. The first-order valence-electron chi connectivity index (χ1n) is 9.10. The van der Waals surface area contributed by atoms with Crippen LogP contribution in [0.5, 0.6) is 11.5 Å². The van der Waals surface area contributed by atoms with E-state index in [0.717, 1.165) is 16.6 Å². The average molecular weight is 404 g/mol. The number of methoxy groups -OCH3 is 2. The van der Waals surface area contributed by atoms with Gasteiger partial charge in [0.15, 0.2) is 17.2 Å². The summed E-state index contributed by atoms with van der Waals surface area (Å²) in [6.07, 6.45) is 0. The van der Waals surface area contributed by atoms with Gasteiger partial charge in [-0.15, -0.1) is 4.68 Å². The number of nitriles is 1. The van der Waals surface area contributed by atoms with Gasteiger partial charge in [0, 0.05) is 5.56 Å². The van der Waals surface area contributed by atoms with E-state index in [2.05, 4.69) is 16.2 Å². The van der Waals surface area contributed by atoms with Crippen LogP contribution in [0.2, 0.25) is 0 Å². The number of H-pyrrole nitrogens is 1. The number of aromatic nitrogens is 3. The summed E-state index contributed by atoms with van der Waals surface area (Å²) in [6, 6.07) is 13.6. The number of rotatable bonds is 4. The van der Waals surface area contributed by atoms with E-state index in [1.54, 1.807) is 43.2 Å². The SMILES string of the molecule is COc1ccc(-c2c(C#N)c(N)nc3c2c(C)[nH][n+]3-c2ccc(F)cc2)cc1OC. The molecule has 150 valence electrons. The van der Waals surface area contributed by atoms with Crippen LogP contribution in [0.25, 0.3) is 27.8 Å². The third kappa shape index (κ3) is 2.97. The van der Waals surface area contributed by atoms with Crippen molar-refractivity contribution in [2.75, 3.05) is 20.0 Å². The molecule has 0 amide bonds. The van der Waals surface area contributed by atoms with Gasteiger partial charge in [0.05, 0.1) is 19.9 Å². The predicted molar refractivity (Wildman–Crippen MR) is 110 cm³/mol. The van der Waals surface area contributed by atoms with Crippen molar-refractivity contribution in [2.24, 2.45) is 0 Å². The van der Waals surface area contributed by atoms with Crippen LogP contribution in [0.4, 0.5) is 10.2 Å². The van der Waals surface area contributed by atoms with Gasteiger partial charge in [-0.1, -0.05) is 6.07 Å². The highest BCUT2D eigenvalue weighted by molar-refractivity contribution is 5.99. The van der Waals surface area contributed by atoms with Gasteiger partial charge in [-0.2, -0.15) is 5.26 Å². The Bertz CT molecular complexity index is 1310. The van der Waals surface area contributed by atoms with E-state index in [4.69, 9.17) is 15.2 Å².